The summed E-state index contributed by atoms with van der Waals surface area (Å²) in [6.45, 7) is 2.14. The van der Waals surface area contributed by atoms with E-state index in [4.69, 9.17) is 4.74 Å². The Bertz CT molecular complexity index is 1350. The van der Waals surface area contributed by atoms with Crippen LogP contribution in [-0.4, -0.2) is 38.0 Å². The summed E-state index contributed by atoms with van der Waals surface area (Å²) in [7, 11) is 0. The van der Waals surface area contributed by atoms with E-state index in [1.807, 2.05) is 30.3 Å². The number of ether oxygens (including phenoxy) is 1. The fraction of sp³-hybridized carbons (Fsp3) is 0.160. The van der Waals surface area contributed by atoms with Crippen molar-refractivity contribution in [1.82, 2.24) is 19.6 Å². The molecule has 0 aliphatic heterocycles. The summed E-state index contributed by atoms with van der Waals surface area (Å²) in [5.74, 6) is -0.0554. The first kappa shape index (κ1) is 23.4. The van der Waals surface area contributed by atoms with Crippen molar-refractivity contribution < 1.29 is 14.3 Å². The van der Waals surface area contributed by atoms with Crippen LogP contribution < -0.4 is 20.9 Å². The molecule has 1 unspecified atom stereocenters. The predicted molar refractivity (Wildman–Crippen MR) is 130 cm³/mol. The lowest BCUT2D eigenvalue weighted by Crippen LogP contribution is -2.28. The number of carbonyl (C=O) groups excluding carboxylic acids is 2. The lowest BCUT2D eigenvalue weighted by molar-refractivity contribution is -0.119. The van der Waals surface area contributed by atoms with Gasteiger partial charge in [0.15, 0.2) is 0 Å². The lowest BCUT2D eigenvalue weighted by Gasteiger charge is -2.13. The molecule has 2 amide bonds. The molecule has 2 aromatic carbocycles. The maximum Gasteiger partial charge on any atom is 0.276 e. The highest BCUT2D eigenvalue weighted by Crippen LogP contribution is 2.17. The molecular formula is C25H24N6O4. The van der Waals surface area contributed by atoms with E-state index < -0.39 is 11.9 Å². The molecule has 0 aliphatic carbocycles. The number of amides is 2. The topological polar surface area (TPSA) is 120 Å². The fourth-order valence-electron chi connectivity index (χ4n) is 3.24. The number of carbonyl (C=O) groups is 2. The van der Waals surface area contributed by atoms with Gasteiger partial charge in [-0.05, 0) is 49.4 Å². The molecule has 10 heteroatoms. The van der Waals surface area contributed by atoms with E-state index in [9.17, 15) is 14.4 Å². The molecule has 0 saturated carbocycles. The van der Waals surface area contributed by atoms with E-state index in [2.05, 4.69) is 20.8 Å². The van der Waals surface area contributed by atoms with E-state index in [0.717, 1.165) is 0 Å². The van der Waals surface area contributed by atoms with Gasteiger partial charge in [-0.25, -0.2) is 4.68 Å². The summed E-state index contributed by atoms with van der Waals surface area (Å²) in [5.41, 5.74) is 0.717. The zero-order valence-corrected chi connectivity index (χ0v) is 19.0. The van der Waals surface area contributed by atoms with Crippen LogP contribution in [0.5, 0.6) is 5.75 Å². The number of nitrogens with zero attached hydrogens (tertiary/aromatic N) is 4. The maximum atomic E-state index is 12.8. The molecule has 4 aromatic rings. The second-order valence-electron chi connectivity index (χ2n) is 7.63. The van der Waals surface area contributed by atoms with Crippen molar-refractivity contribution >= 4 is 23.2 Å². The van der Waals surface area contributed by atoms with Gasteiger partial charge in [-0.1, -0.05) is 24.3 Å². The molecular weight excluding hydrogens is 448 g/mol. The van der Waals surface area contributed by atoms with Gasteiger partial charge in [0, 0.05) is 29.8 Å². The summed E-state index contributed by atoms with van der Waals surface area (Å²) >= 11 is 0. The van der Waals surface area contributed by atoms with Crippen LogP contribution >= 0.6 is 0 Å². The molecule has 2 N–H and O–H groups in total. The number of hydrogen-bond acceptors (Lipinski definition) is 6. The van der Waals surface area contributed by atoms with Crippen LogP contribution in [0.15, 0.2) is 90.0 Å². The molecule has 0 radical (unpaired) electrons. The highest BCUT2D eigenvalue weighted by molar-refractivity contribution is 6.03. The number of anilines is 2. The summed E-state index contributed by atoms with van der Waals surface area (Å²) in [5, 5.41) is 13.8. The van der Waals surface area contributed by atoms with Crippen LogP contribution in [0.1, 0.15) is 23.5 Å². The SMILES string of the molecule is CC(C(=O)Nc1cccc(NC(=O)c2ccc(=O)n(CCOc3ccccc3)n2)c1)n1cccn1. The van der Waals surface area contributed by atoms with E-state index in [1.54, 1.807) is 54.3 Å². The van der Waals surface area contributed by atoms with Crippen molar-refractivity contribution in [2.75, 3.05) is 17.2 Å². The molecule has 10 nitrogen and oxygen atoms in total. The zero-order chi connectivity index (χ0) is 24.6. The fourth-order valence-corrected chi connectivity index (χ4v) is 3.24. The average molecular weight is 473 g/mol. The monoisotopic (exact) mass is 472 g/mol. The highest BCUT2D eigenvalue weighted by atomic mass is 16.5. The minimum Gasteiger partial charge on any atom is -0.492 e. The Hall–Kier alpha value is -4.73. The Labute approximate surface area is 201 Å². The molecule has 0 aliphatic rings. The zero-order valence-electron chi connectivity index (χ0n) is 19.0. The Morgan fingerprint density at radius 2 is 1.74 bits per heavy atom. The van der Waals surface area contributed by atoms with Gasteiger partial charge in [-0.3, -0.25) is 19.1 Å². The second-order valence-corrected chi connectivity index (χ2v) is 7.63. The molecule has 0 spiro atoms. The highest BCUT2D eigenvalue weighted by Gasteiger charge is 2.16. The third-order valence-electron chi connectivity index (χ3n) is 5.10. The minimum atomic E-state index is -0.501. The summed E-state index contributed by atoms with van der Waals surface area (Å²) in [6.07, 6.45) is 3.31. The van der Waals surface area contributed by atoms with Crippen molar-refractivity contribution in [2.45, 2.75) is 19.5 Å². The predicted octanol–water partition coefficient (Wildman–Crippen LogP) is 2.97. The molecule has 0 bridgehead atoms. The molecule has 35 heavy (non-hydrogen) atoms. The van der Waals surface area contributed by atoms with Crippen LogP contribution in [-0.2, 0) is 11.3 Å². The molecule has 0 saturated heterocycles. The first-order valence-electron chi connectivity index (χ1n) is 11.0. The quantitative estimate of drug-likeness (QED) is 0.386. The minimum absolute atomic E-state index is 0.0751. The number of benzene rings is 2. The van der Waals surface area contributed by atoms with Crippen molar-refractivity contribution in [3.8, 4) is 5.75 Å². The Kier molecular flexibility index (Phi) is 7.31. The largest absolute Gasteiger partial charge is 0.492 e. The van der Waals surface area contributed by atoms with E-state index in [1.165, 1.54) is 16.8 Å². The Morgan fingerprint density at radius 3 is 2.49 bits per heavy atom. The molecule has 178 valence electrons. The van der Waals surface area contributed by atoms with E-state index in [-0.39, 0.29) is 30.3 Å². The number of hydrogen-bond donors (Lipinski definition) is 2. The number of nitrogens with one attached hydrogen (secondary N) is 2. The Morgan fingerprint density at radius 1 is 0.971 bits per heavy atom. The molecule has 4 rings (SSSR count). The van der Waals surface area contributed by atoms with Crippen molar-refractivity contribution in [1.29, 1.82) is 0 Å². The Balaban J connectivity index is 1.38. The molecule has 1 atom stereocenters. The van der Waals surface area contributed by atoms with Gasteiger partial charge in [-0.15, -0.1) is 0 Å². The normalized spacial score (nSPS) is 11.5. The van der Waals surface area contributed by atoms with Gasteiger partial charge in [0.2, 0.25) is 5.91 Å². The maximum absolute atomic E-state index is 12.8. The lowest BCUT2D eigenvalue weighted by atomic mass is 10.2. The van der Waals surface area contributed by atoms with Crippen molar-refractivity contribution in [3.63, 3.8) is 0 Å². The smallest absolute Gasteiger partial charge is 0.276 e. The standard InChI is InChI=1S/C25H24N6O4/c1-18(30-14-6-13-26-30)24(33)27-19-7-5-8-20(17-19)28-25(34)22-11-12-23(32)31(29-22)15-16-35-21-9-3-2-4-10-21/h2-14,17-18H,15-16H2,1H3,(H,27,33)(H,28,34). The summed E-state index contributed by atoms with van der Waals surface area (Å²) in [6, 6.07) is 19.9. The van der Waals surface area contributed by atoms with Crippen molar-refractivity contribution in [2.24, 2.45) is 0 Å². The summed E-state index contributed by atoms with van der Waals surface area (Å²) in [4.78, 5) is 37.4. The van der Waals surface area contributed by atoms with Crippen LogP contribution in [0.25, 0.3) is 0 Å². The van der Waals surface area contributed by atoms with Gasteiger partial charge in [0.05, 0.1) is 6.54 Å². The van der Waals surface area contributed by atoms with Gasteiger partial charge in [0.25, 0.3) is 11.5 Å². The third-order valence-corrected chi connectivity index (χ3v) is 5.10. The second kappa shape index (κ2) is 10.9. The number of aromatic nitrogens is 4. The van der Waals surface area contributed by atoms with Crippen molar-refractivity contribution in [3.05, 3.63) is 101 Å². The van der Waals surface area contributed by atoms with E-state index in [0.29, 0.717) is 17.1 Å². The third kappa shape index (κ3) is 6.20. The number of rotatable bonds is 9. The van der Waals surface area contributed by atoms with Gasteiger partial charge in [0.1, 0.15) is 24.1 Å². The first-order valence-corrected chi connectivity index (χ1v) is 11.0. The molecule has 2 aromatic heterocycles. The van der Waals surface area contributed by atoms with Gasteiger partial charge < -0.3 is 15.4 Å². The van der Waals surface area contributed by atoms with Crippen LogP contribution in [0, 0.1) is 0 Å². The van der Waals surface area contributed by atoms with Crippen LogP contribution in [0.2, 0.25) is 0 Å². The first-order chi connectivity index (χ1) is 17.0. The van der Waals surface area contributed by atoms with Gasteiger partial charge in [-0.2, -0.15) is 10.2 Å². The van der Waals surface area contributed by atoms with Gasteiger partial charge >= 0.3 is 0 Å². The average Bonchev–Trinajstić information content (AvgIpc) is 3.40. The summed E-state index contributed by atoms with van der Waals surface area (Å²) < 4.78 is 8.34. The van der Waals surface area contributed by atoms with E-state index >= 15 is 0 Å². The van der Waals surface area contributed by atoms with Crippen LogP contribution in [0.4, 0.5) is 11.4 Å². The molecule has 0 fully saturated rings. The number of para-hydroxylation sites is 1. The molecule has 2 heterocycles. The van der Waals surface area contributed by atoms with Crippen LogP contribution in [0.3, 0.4) is 0 Å².